The van der Waals surface area contributed by atoms with E-state index < -0.39 is 47.0 Å². The molecule has 2 N–H and O–H groups in total. The van der Waals surface area contributed by atoms with Crippen molar-refractivity contribution >= 4 is 27.1 Å². The first-order valence-electron chi connectivity index (χ1n) is 14.9. The molecule has 7 nitrogen and oxygen atoms in total. The van der Waals surface area contributed by atoms with Crippen molar-refractivity contribution in [2.24, 2.45) is 5.73 Å². The van der Waals surface area contributed by atoms with Gasteiger partial charge in [0.1, 0.15) is 11.5 Å². The Morgan fingerprint density at radius 2 is 1.59 bits per heavy atom. The van der Waals surface area contributed by atoms with Crippen molar-refractivity contribution in [1.82, 2.24) is 14.0 Å². The third-order valence-electron chi connectivity index (χ3n) is 8.65. The third-order valence-corrected chi connectivity index (χ3v) is 9.65. The number of hydrogen-bond donors (Lipinski definition) is 1. The number of hydrogen-bond acceptors (Lipinski definition) is 6. The lowest BCUT2D eigenvalue weighted by Gasteiger charge is -2.37. The van der Waals surface area contributed by atoms with Gasteiger partial charge in [-0.1, -0.05) is 54.6 Å². The number of piperazine rings is 1. The molecule has 1 fully saturated rings. The van der Waals surface area contributed by atoms with Crippen molar-refractivity contribution in [2.75, 3.05) is 31.1 Å². The lowest BCUT2D eigenvalue weighted by molar-refractivity contribution is -0.138. The van der Waals surface area contributed by atoms with Gasteiger partial charge in [-0.15, -0.1) is 11.3 Å². The minimum absolute atomic E-state index is 0.174. The number of fused-ring (bicyclic) bond motifs is 1. The Labute approximate surface area is 266 Å². The number of benzene rings is 3. The van der Waals surface area contributed by atoms with Crippen molar-refractivity contribution in [1.29, 1.82) is 0 Å². The van der Waals surface area contributed by atoms with Gasteiger partial charge in [0, 0.05) is 54.7 Å². The molecule has 1 aliphatic rings. The summed E-state index contributed by atoms with van der Waals surface area (Å²) in [4.78, 5) is 32.1. The highest BCUT2D eigenvalue weighted by molar-refractivity contribution is 7.17. The molecule has 5 aromatic rings. The molecule has 1 atom stereocenters. The fraction of sp³-hybridized carbons (Fsp3) is 0.294. The van der Waals surface area contributed by atoms with Crippen LogP contribution in [-0.2, 0) is 25.8 Å². The molecule has 2 aromatic heterocycles. The Bertz CT molecular complexity index is 1980. The molecule has 1 aliphatic heterocycles. The SMILES string of the molecule is Cc1c(N2CCN(Cc3cccc4ccsc34)CC2)c(=O)n(CC(N)c2ccccc2)c(=O)n1Cc1c(F)cccc1C(F)(F)F. The van der Waals surface area contributed by atoms with Crippen LogP contribution in [0.25, 0.3) is 10.1 Å². The van der Waals surface area contributed by atoms with Crippen LogP contribution in [0.3, 0.4) is 0 Å². The van der Waals surface area contributed by atoms with Crippen LogP contribution in [0.1, 0.15) is 34.0 Å². The van der Waals surface area contributed by atoms with Gasteiger partial charge in [0.2, 0.25) is 0 Å². The highest BCUT2D eigenvalue weighted by Gasteiger charge is 2.35. The van der Waals surface area contributed by atoms with Crippen molar-refractivity contribution in [3.05, 3.63) is 133 Å². The van der Waals surface area contributed by atoms with Crippen LogP contribution in [0, 0.1) is 12.7 Å². The normalized spacial score (nSPS) is 15.0. The average Bonchev–Trinajstić information content (AvgIpc) is 3.53. The van der Waals surface area contributed by atoms with E-state index in [4.69, 9.17) is 5.73 Å². The predicted molar refractivity (Wildman–Crippen MR) is 173 cm³/mol. The zero-order valence-electron chi connectivity index (χ0n) is 25.1. The Balaban J connectivity index is 1.36. The Kier molecular flexibility index (Phi) is 8.86. The van der Waals surface area contributed by atoms with Gasteiger partial charge in [-0.05, 0) is 47.0 Å². The number of alkyl halides is 3. The number of anilines is 1. The molecule has 0 aliphatic carbocycles. The molecule has 1 saturated heterocycles. The van der Waals surface area contributed by atoms with Gasteiger partial charge in [0.15, 0.2) is 0 Å². The van der Waals surface area contributed by atoms with Gasteiger partial charge in [-0.25, -0.2) is 9.18 Å². The molecule has 12 heteroatoms. The minimum atomic E-state index is -4.84. The first kappa shape index (κ1) is 31.7. The van der Waals surface area contributed by atoms with Gasteiger partial charge < -0.3 is 10.6 Å². The number of thiophene rings is 1. The van der Waals surface area contributed by atoms with Crippen LogP contribution in [-0.4, -0.2) is 40.2 Å². The van der Waals surface area contributed by atoms with Gasteiger partial charge in [-0.3, -0.25) is 18.8 Å². The van der Waals surface area contributed by atoms with Crippen molar-refractivity contribution < 1.29 is 17.6 Å². The number of halogens is 4. The van der Waals surface area contributed by atoms with E-state index in [1.54, 1.807) is 35.6 Å². The summed E-state index contributed by atoms with van der Waals surface area (Å²) in [6.07, 6.45) is -4.84. The molecule has 46 heavy (non-hydrogen) atoms. The zero-order valence-corrected chi connectivity index (χ0v) is 26.0. The standard InChI is InChI=1S/C34H33F4N5O2S/c1-22-30(41-16-14-40(15-17-41)19-25-10-5-9-24-13-18-46-31(24)25)32(44)43(21-29(39)23-7-3-2-4-8-23)33(45)42(22)20-26-27(34(36,37)38)11-6-12-28(26)35/h2-13,18,29H,14-17,19-21,39H2,1H3. The lowest BCUT2D eigenvalue weighted by Crippen LogP contribution is -2.51. The van der Waals surface area contributed by atoms with Crippen molar-refractivity contribution in [3.63, 3.8) is 0 Å². The van der Waals surface area contributed by atoms with Crippen LogP contribution in [0.4, 0.5) is 23.2 Å². The molecular weight excluding hydrogens is 618 g/mol. The van der Waals surface area contributed by atoms with E-state index in [1.807, 2.05) is 17.0 Å². The largest absolute Gasteiger partial charge is 0.416 e. The Hall–Kier alpha value is -4.26. The van der Waals surface area contributed by atoms with Gasteiger partial charge in [-0.2, -0.15) is 13.2 Å². The van der Waals surface area contributed by atoms with Crippen molar-refractivity contribution in [3.8, 4) is 0 Å². The molecule has 1 unspecified atom stereocenters. The van der Waals surface area contributed by atoms with Crippen molar-refractivity contribution in [2.45, 2.75) is 38.8 Å². The molecule has 0 bridgehead atoms. The summed E-state index contributed by atoms with van der Waals surface area (Å²) >= 11 is 1.69. The third kappa shape index (κ3) is 6.24. The van der Waals surface area contributed by atoms with E-state index >= 15 is 0 Å². The van der Waals surface area contributed by atoms with E-state index in [0.29, 0.717) is 31.7 Å². The molecule has 0 amide bonds. The number of nitrogens with zero attached hydrogens (tertiary/aromatic N) is 4. The monoisotopic (exact) mass is 651 g/mol. The molecule has 3 aromatic carbocycles. The molecule has 0 saturated carbocycles. The summed E-state index contributed by atoms with van der Waals surface area (Å²) < 4.78 is 60.0. The second-order valence-electron chi connectivity index (χ2n) is 11.5. The maximum atomic E-state index is 15.0. The highest BCUT2D eigenvalue weighted by Crippen LogP contribution is 2.34. The smallest absolute Gasteiger partial charge is 0.363 e. The van der Waals surface area contributed by atoms with Crippen LogP contribution in [0.5, 0.6) is 0 Å². The first-order chi connectivity index (χ1) is 22.0. The first-order valence-corrected chi connectivity index (χ1v) is 15.8. The maximum Gasteiger partial charge on any atom is 0.416 e. The second kappa shape index (κ2) is 12.9. The quantitative estimate of drug-likeness (QED) is 0.216. The topological polar surface area (TPSA) is 76.5 Å². The highest BCUT2D eigenvalue weighted by atomic mass is 32.1. The zero-order chi connectivity index (χ0) is 32.6. The molecule has 0 spiro atoms. The van der Waals surface area contributed by atoms with E-state index in [9.17, 15) is 27.2 Å². The molecular formula is C34H33F4N5O2S. The molecule has 240 valence electrons. The molecule has 0 radical (unpaired) electrons. The minimum Gasteiger partial charge on any atom is -0.363 e. The van der Waals surface area contributed by atoms with E-state index in [1.165, 1.54) is 22.6 Å². The summed E-state index contributed by atoms with van der Waals surface area (Å²) in [5.74, 6) is -1.09. The van der Waals surface area contributed by atoms with Crippen LogP contribution in [0.15, 0.2) is 87.8 Å². The van der Waals surface area contributed by atoms with Crippen LogP contribution >= 0.6 is 11.3 Å². The predicted octanol–water partition coefficient (Wildman–Crippen LogP) is 5.76. The van der Waals surface area contributed by atoms with Gasteiger partial charge in [0.05, 0.1) is 18.7 Å². The van der Waals surface area contributed by atoms with Crippen LogP contribution in [0.2, 0.25) is 0 Å². The molecule has 6 rings (SSSR count). The number of rotatable bonds is 8. The number of aromatic nitrogens is 2. The Morgan fingerprint density at radius 1 is 0.870 bits per heavy atom. The maximum absolute atomic E-state index is 15.0. The summed E-state index contributed by atoms with van der Waals surface area (Å²) in [5, 5.41) is 3.26. The van der Waals surface area contributed by atoms with Gasteiger partial charge in [0.25, 0.3) is 5.56 Å². The fourth-order valence-electron chi connectivity index (χ4n) is 6.19. The fourth-order valence-corrected chi connectivity index (χ4v) is 7.10. The Morgan fingerprint density at radius 3 is 2.30 bits per heavy atom. The van der Waals surface area contributed by atoms with E-state index in [2.05, 4.69) is 28.5 Å². The van der Waals surface area contributed by atoms with Crippen LogP contribution < -0.4 is 21.9 Å². The van der Waals surface area contributed by atoms with E-state index in [0.717, 1.165) is 33.9 Å². The second-order valence-corrected chi connectivity index (χ2v) is 12.4. The lowest BCUT2D eigenvalue weighted by atomic mass is 10.1. The number of nitrogens with two attached hydrogens (primary N) is 1. The van der Waals surface area contributed by atoms with Gasteiger partial charge >= 0.3 is 11.9 Å². The van der Waals surface area contributed by atoms with E-state index in [-0.39, 0.29) is 17.9 Å². The molecule has 3 heterocycles. The summed E-state index contributed by atoms with van der Waals surface area (Å²) in [6, 6.07) is 19.2. The summed E-state index contributed by atoms with van der Waals surface area (Å²) in [5.41, 5.74) is 5.43. The summed E-state index contributed by atoms with van der Waals surface area (Å²) in [7, 11) is 0. The average molecular weight is 652 g/mol. The summed E-state index contributed by atoms with van der Waals surface area (Å²) in [6.45, 7) is 3.49.